The highest BCUT2D eigenvalue weighted by molar-refractivity contribution is 9.10. The van der Waals surface area contributed by atoms with Crippen molar-refractivity contribution in [3.8, 4) is 0 Å². The van der Waals surface area contributed by atoms with E-state index in [0.29, 0.717) is 0 Å². The van der Waals surface area contributed by atoms with Crippen molar-refractivity contribution in [2.24, 2.45) is 0 Å². The standard InChI is InChI=1S/C16H24BrN3O2/c1-11(2)18-15(21)9-20(4)10-16(22)19-12(3)13-5-7-14(17)8-6-13/h5-8,11-12H,9-10H2,1-4H3,(H,18,21)(H,19,22)/t12-/m1/s1. The number of carbonyl (C=O) groups is 2. The van der Waals surface area contributed by atoms with Gasteiger partial charge in [0.05, 0.1) is 19.1 Å². The molecule has 1 atom stereocenters. The minimum absolute atomic E-state index is 0.0708. The Bertz CT molecular complexity index is 503. The van der Waals surface area contributed by atoms with Crippen molar-refractivity contribution in [2.45, 2.75) is 32.9 Å². The summed E-state index contributed by atoms with van der Waals surface area (Å²) in [4.78, 5) is 25.3. The molecule has 1 aromatic carbocycles. The van der Waals surface area contributed by atoms with E-state index in [2.05, 4.69) is 26.6 Å². The van der Waals surface area contributed by atoms with Crippen LogP contribution in [0.15, 0.2) is 28.7 Å². The molecule has 0 aliphatic heterocycles. The van der Waals surface area contributed by atoms with E-state index >= 15 is 0 Å². The molecular weight excluding hydrogens is 346 g/mol. The number of carbonyl (C=O) groups excluding carboxylic acids is 2. The highest BCUT2D eigenvalue weighted by Gasteiger charge is 2.14. The number of rotatable bonds is 7. The molecule has 0 saturated carbocycles. The second-order valence-electron chi connectivity index (χ2n) is 5.74. The number of likely N-dealkylation sites (N-methyl/N-ethyl adjacent to an activating group) is 1. The molecule has 6 heteroatoms. The maximum absolute atomic E-state index is 12.0. The third-order valence-corrected chi connectivity index (χ3v) is 3.55. The van der Waals surface area contributed by atoms with Crippen molar-refractivity contribution < 1.29 is 9.59 Å². The average Bonchev–Trinajstić information content (AvgIpc) is 2.37. The van der Waals surface area contributed by atoms with Crippen LogP contribution in [-0.4, -0.2) is 42.9 Å². The van der Waals surface area contributed by atoms with Crippen molar-refractivity contribution >= 4 is 27.7 Å². The molecule has 2 amide bonds. The van der Waals surface area contributed by atoms with E-state index in [4.69, 9.17) is 0 Å². The van der Waals surface area contributed by atoms with Gasteiger partial charge in [0.15, 0.2) is 0 Å². The van der Waals surface area contributed by atoms with Gasteiger partial charge in [-0.05, 0) is 45.5 Å². The lowest BCUT2D eigenvalue weighted by Crippen LogP contribution is -2.42. The molecule has 2 N–H and O–H groups in total. The highest BCUT2D eigenvalue weighted by atomic mass is 79.9. The van der Waals surface area contributed by atoms with Gasteiger partial charge >= 0.3 is 0 Å². The monoisotopic (exact) mass is 369 g/mol. The predicted octanol–water partition coefficient (Wildman–Crippen LogP) is 2.08. The summed E-state index contributed by atoms with van der Waals surface area (Å²) >= 11 is 3.39. The summed E-state index contributed by atoms with van der Waals surface area (Å²) in [5.41, 5.74) is 1.04. The van der Waals surface area contributed by atoms with Crippen LogP contribution in [0.3, 0.4) is 0 Å². The Morgan fingerprint density at radius 3 is 2.05 bits per heavy atom. The fourth-order valence-corrected chi connectivity index (χ4v) is 2.30. The van der Waals surface area contributed by atoms with Gasteiger partial charge in [-0.25, -0.2) is 0 Å². The first-order valence-electron chi connectivity index (χ1n) is 7.30. The van der Waals surface area contributed by atoms with E-state index in [-0.39, 0.29) is 37.0 Å². The van der Waals surface area contributed by atoms with Crippen LogP contribution in [0.5, 0.6) is 0 Å². The summed E-state index contributed by atoms with van der Waals surface area (Å²) in [6.45, 7) is 6.15. The van der Waals surface area contributed by atoms with Crippen LogP contribution < -0.4 is 10.6 Å². The molecule has 0 fully saturated rings. The molecule has 0 spiro atoms. The Morgan fingerprint density at radius 2 is 1.55 bits per heavy atom. The third-order valence-electron chi connectivity index (χ3n) is 3.02. The molecular formula is C16H24BrN3O2. The second-order valence-corrected chi connectivity index (χ2v) is 6.65. The first-order valence-corrected chi connectivity index (χ1v) is 8.10. The van der Waals surface area contributed by atoms with E-state index < -0.39 is 0 Å². The largest absolute Gasteiger partial charge is 0.353 e. The van der Waals surface area contributed by atoms with Gasteiger partial charge in [-0.15, -0.1) is 0 Å². The van der Waals surface area contributed by atoms with Gasteiger partial charge in [0.25, 0.3) is 0 Å². The highest BCUT2D eigenvalue weighted by Crippen LogP contribution is 2.16. The summed E-state index contributed by atoms with van der Waals surface area (Å²) < 4.78 is 1.01. The molecule has 0 aliphatic carbocycles. The normalized spacial score (nSPS) is 12.3. The fourth-order valence-electron chi connectivity index (χ4n) is 2.04. The van der Waals surface area contributed by atoms with E-state index in [1.807, 2.05) is 45.0 Å². The Morgan fingerprint density at radius 1 is 1.05 bits per heavy atom. The average molecular weight is 370 g/mol. The zero-order valence-corrected chi connectivity index (χ0v) is 15.1. The lowest BCUT2D eigenvalue weighted by molar-refractivity contribution is -0.125. The van der Waals surface area contributed by atoms with E-state index in [1.165, 1.54) is 0 Å². The second kappa shape index (κ2) is 8.90. The number of hydrogen-bond donors (Lipinski definition) is 2. The Kier molecular flexibility index (Phi) is 7.55. The van der Waals surface area contributed by atoms with E-state index in [1.54, 1.807) is 11.9 Å². The minimum atomic E-state index is -0.102. The summed E-state index contributed by atoms with van der Waals surface area (Å²) in [5, 5.41) is 5.73. The van der Waals surface area contributed by atoms with Gasteiger partial charge in [0.1, 0.15) is 0 Å². The molecule has 0 aromatic heterocycles. The Balaban J connectivity index is 2.41. The smallest absolute Gasteiger partial charge is 0.234 e. The molecule has 0 saturated heterocycles. The van der Waals surface area contributed by atoms with Crippen molar-refractivity contribution in [1.82, 2.24) is 15.5 Å². The quantitative estimate of drug-likeness (QED) is 0.773. The van der Waals surface area contributed by atoms with E-state index in [0.717, 1.165) is 10.0 Å². The van der Waals surface area contributed by atoms with Crippen LogP contribution in [0.1, 0.15) is 32.4 Å². The molecule has 0 bridgehead atoms. The molecule has 5 nitrogen and oxygen atoms in total. The first kappa shape index (κ1) is 18.6. The first-order chi connectivity index (χ1) is 10.3. The number of halogens is 1. The molecule has 1 aromatic rings. The number of benzene rings is 1. The SMILES string of the molecule is CC(C)NC(=O)CN(C)CC(=O)N[C@H](C)c1ccc(Br)cc1. The molecule has 1 rings (SSSR count). The summed E-state index contributed by atoms with van der Waals surface area (Å²) in [6, 6.07) is 7.86. The van der Waals surface area contributed by atoms with Crippen molar-refractivity contribution in [3.63, 3.8) is 0 Å². The third kappa shape index (κ3) is 7.04. The van der Waals surface area contributed by atoms with Gasteiger partial charge in [0.2, 0.25) is 11.8 Å². The van der Waals surface area contributed by atoms with Gasteiger partial charge in [-0.3, -0.25) is 14.5 Å². The van der Waals surface area contributed by atoms with Crippen molar-refractivity contribution in [2.75, 3.05) is 20.1 Å². The van der Waals surface area contributed by atoms with Gasteiger partial charge in [-0.1, -0.05) is 28.1 Å². The zero-order chi connectivity index (χ0) is 16.7. The van der Waals surface area contributed by atoms with Crippen LogP contribution in [0.4, 0.5) is 0 Å². The summed E-state index contributed by atoms with van der Waals surface area (Å²) in [6.07, 6.45) is 0. The molecule has 0 unspecified atom stereocenters. The van der Waals surface area contributed by atoms with Gasteiger partial charge in [-0.2, -0.15) is 0 Å². The Labute approximate surface area is 140 Å². The van der Waals surface area contributed by atoms with Gasteiger partial charge < -0.3 is 10.6 Å². The topological polar surface area (TPSA) is 61.4 Å². The van der Waals surface area contributed by atoms with Crippen LogP contribution >= 0.6 is 15.9 Å². The minimum Gasteiger partial charge on any atom is -0.353 e. The maximum Gasteiger partial charge on any atom is 0.234 e. The summed E-state index contributed by atoms with van der Waals surface area (Å²) in [5.74, 6) is -0.179. The van der Waals surface area contributed by atoms with Gasteiger partial charge in [0, 0.05) is 10.5 Å². The lowest BCUT2D eigenvalue weighted by Gasteiger charge is -2.19. The molecule has 0 aliphatic rings. The van der Waals surface area contributed by atoms with Crippen LogP contribution in [0.25, 0.3) is 0 Å². The van der Waals surface area contributed by atoms with Crippen molar-refractivity contribution in [3.05, 3.63) is 34.3 Å². The number of hydrogen-bond acceptors (Lipinski definition) is 3. The molecule has 22 heavy (non-hydrogen) atoms. The van der Waals surface area contributed by atoms with Crippen LogP contribution in [-0.2, 0) is 9.59 Å². The fraction of sp³-hybridized carbons (Fsp3) is 0.500. The Hall–Kier alpha value is -1.40. The van der Waals surface area contributed by atoms with Crippen LogP contribution in [0.2, 0.25) is 0 Å². The van der Waals surface area contributed by atoms with Crippen LogP contribution in [0, 0.1) is 0 Å². The zero-order valence-electron chi connectivity index (χ0n) is 13.5. The van der Waals surface area contributed by atoms with Crippen molar-refractivity contribution in [1.29, 1.82) is 0 Å². The number of nitrogens with zero attached hydrogens (tertiary/aromatic N) is 1. The summed E-state index contributed by atoms with van der Waals surface area (Å²) in [7, 11) is 1.75. The molecule has 0 heterocycles. The maximum atomic E-state index is 12.0. The number of amides is 2. The number of nitrogens with one attached hydrogen (secondary N) is 2. The molecule has 122 valence electrons. The van der Waals surface area contributed by atoms with E-state index in [9.17, 15) is 9.59 Å². The molecule has 0 radical (unpaired) electrons. The lowest BCUT2D eigenvalue weighted by atomic mass is 10.1. The predicted molar refractivity (Wildman–Crippen MR) is 91.5 cm³/mol.